The number of phenols is 1. The van der Waals surface area contributed by atoms with E-state index in [9.17, 15) is 4.79 Å². The zero-order valence-electron chi connectivity index (χ0n) is 12.0. The predicted molar refractivity (Wildman–Crippen MR) is 81.2 cm³/mol. The van der Waals surface area contributed by atoms with Crippen molar-refractivity contribution >= 4 is 5.97 Å². The lowest BCUT2D eigenvalue weighted by atomic mass is 10.2. The summed E-state index contributed by atoms with van der Waals surface area (Å²) in [5.41, 5.74) is 1.67. The highest BCUT2D eigenvalue weighted by Crippen LogP contribution is 2.10. The highest BCUT2D eigenvalue weighted by atomic mass is 16.5. The SMILES string of the molecule is CN(CCOC(=O)c1ccc(O)cc1)Cc1ccccc1. The van der Waals surface area contributed by atoms with Gasteiger partial charge in [0.1, 0.15) is 12.4 Å². The second kappa shape index (κ2) is 7.45. The molecule has 1 N–H and O–H groups in total. The van der Waals surface area contributed by atoms with Crippen LogP contribution < -0.4 is 0 Å². The normalized spacial score (nSPS) is 10.6. The molecular formula is C17H19NO3. The maximum absolute atomic E-state index is 11.8. The highest BCUT2D eigenvalue weighted by molar-refractivity contribution is 5.89. The van der Waals surface area contributed by atoms with Crippen molar-refractivity contribution in [1.82, 2.24) is 4.90 Å². The Morgan fingerprint density at radius 1 is 1.10 bits per heavy atom. The Kier molecular flexibility index (Phi) is 5.35. The smallest absolute Gasteiger partial charge is 0.338 e. The summed E-state index contributed by atoms with van der Waals surface area (Å²) in [5.74, 6) is -0.239. The van der Waals surface area contributed by atoms with Crippen molar-refractivity contribution < 1.29 is 14.6 Å². The number of likely N-dealkylation sites (N-methyl/N-ethyl adjacent to an activating group) is 1. The van der Waals surface area contributed by atoms with Crippen molar-refractivity contribution in [3.63, 3.8) is 0 Å². The van der Waals surface area contributed by atoms with Gasteiger partial charge in [0.15, 0.2) is 0 Å². The van der Waals surface area contributed by atoms with E-state index in [4.69, 9.17) is 9.84 Å². The molecule has 4 nitrogen and oxygen atoms in total. The van der Waals surface area contributed by atoms with Crippen LogP contribution in [0.25, 0.3) is 0 Å². The number of ether oxygens (including phenoxy) is 1. The van der Waals surface area contributed by atoms with Gasteiger partial charge in [-0.25, -0.2) is 4.79 Å². The van der Waals surface area contributed by atoms with E-state index in [1.54, 1.807) is 12.1 Å². The van der Waals surface area contributed by atoms with Crippen LogP contribution in [0.2, 0.25) is 0 Å². The number of rotatable bonds is 6. The van der Waals surface area contributed by atoms with Gasteiger partial charge in [0.05, 0.1) is 5.56 Å². The third kappa shape index (κ3) is 4.93. The second-order valence-electron chi connectivity index (χ2n) is 4.91. The number of benzene rings is 2. The first-order valence-electron chi connectivity index (χ1n) is 6.84. The van der Waals surface area contributed by atoms with Gasteiger partial charge in [0.25, 0.3) is 0 Å². The Morgan fingerprint density at radius 2 is 1.76 bits per heavy atom. The molecule has 110 valence electrons. The van der Waals surface area contributed by atoms with Crippen LogP contribution in [-0.2, 0) is 11.3 Å². The zero-order valence-corrected chi connectivity index (χ0v) is 12.0. The van der Waals surface area contributed by atoms with Gasteiger partial charge in [-0.2, -0.15) is 0 Å². The van der Waals surface area contributed by atoms with Crippen LogP contribution in [-0.4, -0.2) is 36.2 Å². The van der Waals surface area contributed by atoms with Gasteiger partial charge in [0, 0.05) is 13.1 Å². The average Bonchev–Trinajstić information content (AvgIpc) is 2.49. The Morgan fingerprint density at radius 3 is 2.43 bits per heavy atom. The fourth-order valence-electron chi connectivity index (χ4n) is 1.95. The molecule has 0 bridgehead atoms. The number of aromatic hydroxyl groups is 1. The van der Waals surface area contributed by atoms with E-state index in [1.807, 2.05) is 25.2 Å². The van der Waals surface area contributed by atoms with Crippen LogP contribution in [0.1, 0.15) is 15.9 Å². The zero-order chi connectivity index (χ0) is 15.1. The van der Waals surface area contributed by atoms with Crippen molar-refractivity contribution in [3.8, 4) is 5.75 Å². The minimum Gasteiger partial charge on any atom is -0.508 e. The minimum atomic E-state index is -0.372. The Balaban J connectivity index is 1.73. The minimum absolute atomic E-state index is 0.133. The number of phenolic OH excluding ortho intramolecular Hbond substituents is 1. The topological polar surface area (TPSA) is 49.8 Å². The van der Waals surface area contributed by atoms with Gasteiger partial charge < -0.3 is 9.84 Å². The van der Waals surface area contributed by atoms with Gasteiger partial charge in [-0.15, -0.1) is 0 Å². The molecule has 2 aromatic carbocycles. The lowest BCUT2D eigenvalue weighted by molar-refractivity contribution is 0.0470. The Hall–Kier alpha value is -2.33. The van der Waals surface area contributed by atoms with Gasteiger partial charge in [-0.05, 0) is 36.9 Å². The van der Waals surface area contributed by atoms with Gasteiger partial charge in [-0.1, -0.05) is 30.3 Å². The van der Waals surface area contributed by atoms with Crippen LogP contribution >= 0.6 is 0 Å². The molecule has 0 amide bonds. The first kappa shape index (κ1) is 15.1. The van der Waals surface area contributed by atoms with Crippen molar-refractivity contribution in [1.29, 1.82) is 0 Å². The van der Waals surface area contributed by atoms with Crippen molar-refractivity contribution in [3.05, 3.63) is 65.7 Å². The van der Waals surface area contributed by atoms with Crippen molar-refractivity contribution in [2.45, 2.75) is 6.54 Å². The molecule has 0 aliphatic heterocycles. The molecule has 0 heterocycles. The molecule has 0 aliphatic carbocycles. The van der Waals surface area contributed by atoms with E-state index in [0.717, 1.165) is 6.54 Å². The fourth-order valence-corrected chi connectivity index (χ4v) is 1.95. The number of esters is 1. The summed E-state index contributed by atoms with van der Waals surface area (Å²) in [7, 11) is 1.99. The van der Waals surface area contributed by atoms with Crippen LogP contribution in [0.15, 0.2) is 54.6 Å². The summed E-state index contributed by atoms with van der Waals surface area (Å²) >= 11 is 0. The number of carbonyl (C=O) groups is 1. The third-order valence-corrected chi connectivity index (χ3v) is 3.10. The quantitative estimate of drug-likeness (QED) is 0.829. The van der Waals surface area contributed by atoms with Crippen molar-refractivity contribution in [2.24, 2.45) is 0 Å². The summed E-state index contributed by atoms with van der Waals surface area (Å²) in [6.45, 7) is 1.82. The standard InChI is InChI=1S/C17H19NO3/c1-18(13-14-5-3-2-4-6-14)11-12-21-17(20)15-7-9-16(19)10-8-15/h2-10,19H,11-13H2,1H3. The molecule has 0 saturated heterocycles. The Bertz CT molecular complexity index is 566. The van der Waals surface area contributed by atoms with E-state index in [-0.39, 0.29) is 11.7 Å². The summed E-state index contributed by atoms with van der Waals surface area (Å²) in [4.78, 5) is 13.9. The van der Waals surface area contributed by atoms with Crippen LogP contribution in [0, 0.1) is 0 Å². The third-order valence-electron chi connectivity index (χ3n) is 3.10. The van der Waals surface area contributed by atoms with E-state index in [0.29, 0.717) is 18.7 Å². The van der Waals surface area contributed by atoms with E-state index >= 15 is 0 Å². The maximum Gasteiger partial charge on any atom is 0.338 e. The lowest BCUT2D eigenvalue weighted by Crippen LogP contribution is -2.24. The first-order chi connectivity index (χ1) is 10.1. The summed E-state index contributed by atoms with van der Waals surface area (Å²) in [6, 6.07) is 16.2. The summed E-state index contributed by atoms with van der Waals surface area (Å²) < 4.78 is 5.21. The predicted octanol–water partition coefficient (Wildman–Crippen LogP) is 2.68. The largest absolute Gasteiger partial charge is 0.508 e. The molecule has 0 fully saturated rings. The van der Waals surface area contributed by atoms with E-state index < -0.39 is 0 Å². The molecule has 0 radical (unpaired) electrons. The molecule has 0 unspecified atom stereocenters. The Labute approximate surface area is 124 Å². The number of hydrogen-bond donors (Lipinski definition) is 1. The summed E-state index contributed by atoms with van der Waals surface area (Å²) in [6.07, 6.45) is 0. The molecule has 4 heteroatoms. The molecule has 0 aliphatic rings. The fraction of sp³-hybridized carbons (Fsp3) is 0.235. The number of hydrogen-bond acceptors (Lipinski definition) is 4. The maximum atomic E-state index is 11.8. The van der Waals surface area contributed by atoms with E-state index in [1.165, 1.54) is 17.7 Å². The van der Waals surface area contributed by atoms with Gasteiger partial charge in [0.2, 0.25) is 0 Å². The number of nitrogens with zero attached hydrogens (tertiary/aromatic N) is 1. The van der Waals surface area contributed by atoms with Gasteiger partial charge >= 0.3 is 5.97 Å². The molecule has 2 aromatic rings. The van der Waals surface area contributed by atoms with Crippen LogP contribution in [0.3, 0.4) is 0 Å². The molecule has 0 aromatic heterocycles. The van der Waals surface area contributed by atoms with Gasteiger partial charge in [-0.3, -0.25) is 4.90 Å². The monoisotopic (exact) mass is 285 g/mol. The second-order valence-corrected chi connectivity index (χ2v) is 4.91. The van der Waals surface area contributed by atoms with Crippen LogP contribution in [0.5, 0.6) is 5.75 Å². The molecule has 21 heavy (non-hydrogen) atoms. The molecule has 2 rings (SSSR count). The van der Waals surface area contributed by atoms with Crippen LogP contribution in [0.4, 0.5) is 0 Å². The molecule has 0 saturated carbocycles. The number of carbonyl (C=O) groups excluding carboxylic acids is 1. The molecule has 0 spiro atoms. The highest BCUT2D eigenvalue weighted by Gasteiger charge is 2.07. The van der Waals surface area contributed by atoms with E-state index in [2.05, 4.69) is 17.0 Å². The lowest BCUT2D eigenvalue weighted by Gasteiger charge is -2.16. The molecule has 0 atom stereocenters. The summed E-state index contributed by atoms with van der Waals surface area (Å²) in [5, 5.41) is 9.17. The first-order valence-corrected chi connectivity index (χ1v) is 6.84. The molecular weight excluding hydrogens is 266 g/mol. The van der Waals surface area contributed by atoms with Crippen molar-refractivity contribution in [2.75, 3.05) is 20.2 Å². The average molecular weight is 285 g/mol.